The molecule has 0 radical (unpaired) electrons. The van der Waals surface area contributed by atoms with E-state index in [9.17, 15) is 13.2 Å². The lowest BCUT2D eigenvalue weighted by Gasteiger charge is -2.24. The normalized spacial score (nSPS) is 11.1. The molecule has 176 valence electrons. The van der Waals surface area contributed by atoms with Gasteiger partial charge in [-0.2, -0.15) is 0 Å². The maximum absolute atomic E-state index is 12.3. The van der Waals surface area contributed by atoms with Gasteiger partial charge in [0.1, 0.15) is 18.1 Å². The third-order valence-corrected chi connectivity index (χ3v) is 6.14. The number of carbonyl (C=O) groups excluding carboxylic acids is 1. The third kappa shape index (κ3) is 8.24. The molecule has 0 aromatic heterocycles. The van der Waals surface area contributed by atoms with Crippen LogP contribution in [0, 0.1) is 0 Å². The molecule has 0 bridgehead atoms. The molecule has 2 rings (SSSR count). The molecule has 0 heterocycles. The van der Waals surface area contributed by atoms with Gasteiger partial charge in [-0.1, -0.05) is 37.1 Å². The standard InChI is InChI=1S/C23H31ClN2O5S/c1-4-6-18-8-11-20(12-9-18)31-16-14-25-23(27)7-5-15-26(32(3,28)29)21-17-19(24)10-13-22(21)30-2/h8-13,17H,4-7,14-16H2,1-3H3,(H,25,27). The Hall–Kier alpha value is -2.45. The smallest absolute Gasteiger partial charge is 0.232 e. The number of nitrogens with one attached hydrogen (secondary N) is 1. The second-order valence-corrected chi connectivity index (χ2v) is 9.69. The van der Waals surface area contributed by atoms with Crippen LogP contribution >= 0.6 is 11.6 Å². The Bertz CT molecular complexity index is 980. The summed E-state index contributed by atoms with van der Waals surface area (Å²) in [6, 6.07) is 12.7. The molecule has 0 aliphatic rings. The van der Waals surface area contributed by atoms with Crippen molar-refractivity contribution in [1.29, 1.82) is 0 Å². The summed E-state index contributed by atoms with van der Waals surface area (Å²) < 4.78 is 36.7. The van der Waals surface area contributed by atoms with Gasteiger partial charge in [0.25, 0.3) is 0 Å². The highest BCUT2D eigenvalue weighted by atomic mass is 35.5. The van der Waals surface area contributed by atoms with E-state index in [-0.39, 0.29) is 18.9 Å². The van der Waals surface area contributed by atoms with Gasteiger partial charge < -0.3 is 14.8 Å². The topological polar surface area (TPSA) is 84.9 Å². The van der Waals surface area contributed by atoms with Gasteiger partial charge in [0.15, 0.2) is 0 Å². The van der Waals surface area contributed by atoms with Crippen LogP contribution in [0.4, 0.5) is 5.69 Å². The van der Waals surface area contributed by atoms with Crippen LogP contribution in [0.2, 0.25) is 5.02 Å². The van der Waals surface area contributed by atoms with Crippen molar-refractivity contribution in [3.8, 4) is 11.5 Å². The summed E-state index contributed by atoms with van der Waals surface area (Å²) in [6.45, 7) is 2.99. The molecule has 0 spiro atoms. The van der Waals surface area contributed by atoms with E-state index in [4.69, 9.17) is 21.1 Å². The highest BCUT2D eigenvalue weighted by molar-refractivity contribution is 7.92. The fraction of sp³-hybridized carbons (Fsp3) is 0.435. The molecule has 1 N–H and O–H groups in total. The second-order valence-electron chi connectivity index (χ2n) is 7.35. The summed E-state index contributed by atoms with van der Waals surface area (Å²) in [4.78, 5) is 12.1. The Labute approximate surface area is 195 Å². The number of rotatable bonds is 13. The SMILES string of the molecule is CCCc1ccc(OCCNC(=O)CCCN(c2cc(Cl)ccc2OC)S(C)(=O)=O)cc1. The lowest BCUT2D eigenvalue weighted by Crippen LogP contribution is -2.33. The zero-order chi connectivity index (χ0) is 23.6. The monoisotopic (exact) mass is 482 g/mol. The molecule has 0 fully saturated rings. The van der Waals surface area contributed by atoms with E-state index in [1.54, 1.807) is 12.1 Å². The van der Waals surface area contributed by atoms with Gasteiger partial charge in [-0.05, 0) is 48.7 Å². The van der Waals surface area contributed by atoms with Crippen molar-refractivity contribution in [2.24, 2.45) is 0 Å². The average Bonchev–Trinajstić information content (AvgIpc) is 2.75. The molecule has 0 atom stereocenters. The van der Waals surface area contributed by atoms with Gasteiger partial charge in [0.2, 0.25) is 15.9 Å². The van der Waals surface area contributed by atoms with Crippen molar-refractivity contribution in [2.75, 3.05) is 37.4 Å². The number of aryl methyl sites for hydroxylation is 1. The van der Waals surface area contributed by atoms with Crippen molar-refractivity contribution in [2.45, 2.75) is 32.6 Å². The summed E-state index contributed by atoms with van der Waals surface area (Å²) in [7, 11) is -2.12. The van der Waals surface area contributed by atoms with Crippen LogP contribution in [-0.2, 0) is 21.2 Å². The fourth-order valence-electron chi connectivity index (χ4n) is 3.19. The Morgan fingerprint density at radius 1 is 1.16 bits per heavy atom. The number of ether oxygens (including phenoxy) is 2. The zero-order valence-corrected chi connectivity index (χ0v) is 20.3. The molecule has 0 unspecified atom stereocenters. The minimum absolute atomic E-state index is 0.129. The summed E-state index contributed by atoms with van der Waals surface area (Å²) in [5, 5.41) is 3.19. The summed E-state index contributed by atoms with van der Waals surface area (Å²) in [5.41, 5.74) is 1.62. The van der Waals surface area contributed by atoms with E-state index < -0.39 is 10.0 Å². The molecular weight excluding hydrogens is 452 g/mol. The Balaban J connectivity index is 1.79. The molecule has 9 heteroatoms. The third-order valence-electron chi connectivity index (χ3n) is 4.73. The summed E-state index contributed by atoms with van der Waals surface area (Å²) >= 11 is 6.04. The van der Waals surface area contributed by atoms with Crippen molar-refractivity contribution in [3.05, 3.63) is 53.1 Å². The lowest BCUT2D eigenvalue weighted by molar-refractivity contribution is -0.121. The van der Waals surface area contributed by atoms with Crippen LogP contribution < -0.4 is 19.1 Å². The summed E-state index contributed by atoms with van der Waals surface area (Å²) in [5.74, 6) is 0.987. The van der Waals surface area contributed by atoms with Crippen LogP contribution in [0.15, 0.2) is 42.5 Å². The number of benzene rings is 2. The van der Waals surface area contributed by atoms with Gasteiger partial charge >= 0.3 is 0 Å². The first-order chi connectivity index (χ1) is 15.2. The van der Waals surface area contributed by atoms with E-state index in [1.165, 1.54) is 23.0 Å². The Kier molecular flexibility index (Phi) is 10.1. The predicted octanol–water partition coefficient (Wildman–Crippen LogP) is 4.04. The van der Waals surface area contributed by atoms with Crippen molar-refractivity contribution in [1.82, 2.24) is 5.32 Å². The van der Waals surface area contributed by atoms with Crippen molar-refractivity contribution >= 4 is 33.2 Å². The van der Waals surface area contributed by atoms with E-state index in [1.807, 2.05) is 24.3 Å². The minimum Gasteiger partial charge on any atom is -0.495 e. The molecule has 0 saturated carbocycles. The van der Waals surface area contributed by atoms with Gasteiger partial charge in [-0.15, -0.1) is 0 Å². The molecule has 0 aliphatic heterocycles. The van der Waals surface area contributed by atoms with Gasteiger partial charge in [-0.25, -0.2) is 8.42 Å². The molecule has 7 nitrogen and oxygen atoms in total. The predicted molar refractivity (Wildman–Crippen MR) is 128 cm³/mol. The minimum atomic E-state index is -3.58. The molecule has 2 aromatic carbocycles. The number of hydrogen-bond acceptors (Lipinski definition) is 5. The molecule has 2 aromatic rings. The Morgan fingerprint density at radius 2 is 1.88 bits per heavy atom. The van der Waals surface area contributed by atoms with Crippen LogP contribution in [0.1, 0.15) is 31.7 Å². The number of carbonyl (C=O) groups is 1. The van der Waals surface area contributed by atoms with E-state index >= 15 is 0 Å². The van der Waals surface area contributed by atoms with Crippen molar-refractivity contribution < 1.29 is 22.7 Å². The zero-order valence-electron chi connectivity index (χ0n) is 18.8. The lowest BCUT2D eigenvalue weighted by atomic mass is 10.1. The number of sulfonamides is 1. The first kappa shape index (κ1) is 25.8. The van der Waals surface area contributed by atoms with Crippen LogP contribution in [0.3, 0.4) is 0 Å². The van der Waals surface area contributed by atoms with E-state index in [0.717, 1.165) is 24.8 Å². The van der Waals surface area contributed by atoms with Gasteiger partial charge in [0, 0.05) is 18.0 Å². The van der Waals surface area contributed by atoms with Crippen molar-refractivity contribution in [3.63, 3.8) is 0 Å². The first-order valence-electron chi connectivity index (χ1n) is 10.5. The molecule has 0 aliphatic carbocycles. The largest absolute Gasteiger partial charge is 0.495 e. The number of anilines is 1. The molecular formula is C23H31ClN2O5S. The molecule has 32 heavy (non-hydrogen) atoms. The van der Waals surface area contributed by atoms with Gasteiger partial charge in [0.05, 0.1) is 25.6 Å². The molecule has 0 saturated heterocycles. The summed E-state index contributed by atoms with van der Waals surface area (Å²) in [6.07, 6.45) is 3.77. The maximum Gasteiger partial charge on any atom is 0.232 e. The van der Waals surface area contributed by atoms with Gasteiger partial charge in [-0.3, -0.25) is 9.10 Å². The number of nitrogens with zero attached hydrogens (tertiary/aromatic N) is 1. The first-order valence-corrected chi connectivity index (χ1v) is 12.8. The average molecular weight is 483 g/mol. The van der Waals surface area contributed by atoms with Crippen LogP contribution in [-0.4, -0.2) is 47.4 Å². The number of methoxy groups -OCH3 is 1. The highest BCUT2D eigenvalue weighted by Gasteiger charge is 2.21. The van der Waals surface area contributed by atoms with E-state index in [2.05, 4.69) is 12.2 Å². The van der Waals surface area contributed by atoms with Crippen LogP contribution in [0.5, 0.6) is 11.5 Å². The number of amides is 1. The van der Waals surface area contributed by atoms with E-state index in [0.29, 0.717) is 36.0 Å². The fourth-order valence-corrected chi connectivity index (χ4v) is 4.32. The quantitative estimate of drug-likeness (QED) is 0.435. The maximum atomic E-state index is 12.3. The molecule has 1 amide bonds. The second kappa shape index (κ2) is 12.6. The number of hydrogen-bond donors (Lipinski definition) is 1. The van der Waals surface area contributed by atoms with Crippen LogP contribution in [0.25, 0.3) is 0 Å². The Morgan fingerprint density at radius 3 is 2.50 bits per heavy atom. The number of halogens is 1. The highest BCUT2D eigenvalue weighted by Crippen LogP contribution is 2.33.